The first kappa shape index (κ1) is 18.8. The third-order valence-electron chi connectivity index (χ3n) is 3.64. The molecule has 2 aromatic carbocycles. The van der Waals surface area contributed by atoms with Gasteiger partial charge in [0.25, 0.3) is 0 Å². The Kier molecular flexibility index (Phi) is 6.42. The van der Waals surface area contributed by atoms with Gasteiger partial charge < -0.3 is 14.2 Å². The molecular weight excluding hydrogens is 344 g/mol. The van der Waals surface area contributed by atoms with Crippen molar-refractivity contribution in [3.8, 4) is 11.5 Å². The fraction of sp³-hybridized carbons (Fsp3) is 0.263. The van der Waals surface area contributed by atoms with Gasteiger partial charge in [-0.1, -0.05) is 17.7 Å². The Morgan fingerprint density at radius 2 is 1.72 bits per heavy atom. The molecule has 0 fully saturated rings. The summed E-state index contributed by atoms with van der Waals surface area (Å²) in [5, 5.41) is 0.535. The van der Waals surface area contributed by atoms with E-state index in [0.717, 1.165) is 0 Å². The van der Waals surface area contributed by atoms with Gasteiger partial charge in [-0.05, 0) is 37.3 Å². The number of rotatable bonds is 7. The topological polar surface area (TPSA) is 61.8 Å². The Hall–Kier alpha value is -2.53. The summed E-state index contributed by atoms with van der Waals surface area (Å²) in [5.74, 6) is 0.346. The number of halogens is 1. The number of Topliss-reactive ketones (excluding diaryl/α,β-unsaturated/α-hetero) is 1. The quantitative estimate of drug-likeness (QED) is 0.555. The maximum Gasteiger partial charge on any atom is 0.311 e. The minimum atomic E-state index is -0.891. The van der Waals surface area contributed by atoms with Crippen molar-refractivity contribution in [1.29, 1.82) is 0 Å². The molecule has 132 valence electrons. The summed E-state index contributed by atoms with van der Waals surface area (Å²) < 4.78 is 15.6. The predicted molar refractivity (Wildman–Crippen MR) is 94.6 cm³/mol. The molecular formula is C19H19ClO5. The van der Waals surface area contributed by atoms with Crippen molar-refractivity contribution in [2.75, 3.05) is 14.2 Å². The van der Waals surface area contributed by atoms with Crippen LogP contribution in [0.15, 0.2) is 42.5 Å². The van der Waals surface area contributed by atoms with E-state index in [1.807, 2.05) is 0 Å². The first-order valence-electron chi connectivity index (χ1n) is 7.64. The molecule has 0 aromatic heterocycles. The van der Waals surface area contributed by atoms with E-state index in [1.165, 1.54) is 7.11 Å². The van der Waals surface area contributed by atoms with Crippen molar-refractivity contribution in [3.05, 3.63) is 58.6 Å². The molecule has 0 heterocycles. The summed E-state index contributed by atoms with van der Waals surface area (Å²) in [6, 6.07) is 11.6. The lowest BCUT2D eigenvalue weighted by Gasteiger charge is -2.14. The molecule has 0 N–H and O–H groups in total. The normalized spacial score (nSPS) is 11.5. The molecule has 25 heavy (non-hydrogen) atoms. The van der Waals surface area contributed by atoms with E-state index in [2.05, 4.69) is 0 Å². The van der Waals surface area contributed by atoms with Crippen LogP contribution >= 0.6 is 11.6 Å². The van der Waals surface area contributed by atoms with Gasteiger partial charge in [0, 0.05) is 22.2 Å². The second kappa shape index (κ2) is 8.53. The highest BCUT2D eigenvalue weighted by molar-refractivity contribution is 6.30. The third-order valence-corrected chi connectivity index (χ3v) is 3.89. The molecule has 0 radical (unpaired) electrons. The van der Waals surface area contributed by atoms with E-state index in [4.69, 9.17) is 25.8 Å². The number of ether oxygens (including phenoxy) is 3. The number of hydrogen-bond acceptors (Lipinski definition) is 5. The SMILES string of the molecule is COc1ccc(CC(=O)OC(C)C(=O)c2ccc(Cl)cc2)c(OC)c1. The largest absolute Gasteiger partial charge is 0.497 e. The van der Waals surface area contributed by atoms with E-state index in [1.54, 1.807) is 56.5 Å². The summed E-state index contributed by atoms with van der Waals surface area (Å²) in [4.78, 5) is 24.4. The smallest absolute Gasteiger partial charge is 0.311 e. The van der Waals surface area contributed by atoms with Gasteiger partial charge in [0.2, 0.25) is 5.78 Å². The third kappa shape index (κ3) is 4.97. The molecule has 0 spiro atoms. The molecule has 1 atom stereocenters. The van der Waals surface area contributed by atoms with Gasteiger partial charge in [-0.3, -0.25) is 9.59 Å². The van der Waals surface area contributed by atoms with Crippen LogP contribution in [-0.4, -0.2) is 32.1 Å². The number of esters is 1. The van der Waals surface area contributed by atoms with Crippen LogP contribution in [0.1, 0.15) is 22.8 Å². The summed E-state index contributed by atoms with van der Waals surface area (Å²) >= 11 is 5.80. The first-order valence-corrected chi connectivity index (χ1v) is 8.02. The molecule has 0 aliphatic carbocycles. The van der Waals surface area contributed by atoms with Crippen molar-refractivity contribution in [1.82, 2.24) is 0 Å². The molecule has 2 aromatic rings. The lowest BCUT2D eigenvalue weighted by atomic mass is 10.1. The number of carbonyl (C=O) groups is 2. The molecule has 0 aliphatic heterocycles. The number of ketones is 1. The Balaban J connectivity index is 2.02. The van der Waals surface area contributed by atoms with Crippen LogP contribution in [0.5, 0.6) is 11.5 Å². The molecule has 0 bridgehead atoms. The van der Waals surface area contributed by atoms with Crippen LogP contribution in [0, 0.1) is 0 Å². The zero-order chi connectivity index (χ0) is 18.4. The van der Waals surface area contributed by atoms with Gasteiger partial charge in [0.1, 0.15) is 11.5 Å². The Morgan fingerprint density at radius 3 is 2.32 bits per heavy atom. The zero-order valence-corrected chi connectivity index (χ0v) is 15.0. The van der Waals surface area contributed by atoms with Gasteiger partial charge in [-0.2, -0.15) is 0 Å². The van der Waals surface area contributed by atoms with Crippen molar-refractivity contribution in [3.63, 3.8) is 0 Å². The molecule has 0 saturated carbocycles. The zero-order valence-electron chi connectivity index (χ0n) is 14.2. The monoisotopic (exact) mass is 362 g/mol. The number of hydrogen-bond donors (Lipinski definition) is 0. The minimum Gasteiger partial charge on any atom is -0.497 e. The molecule has 1 unspecified atom stereocenters. The summed E-state index contributed by atoms with van der Waals surface area (Å²) in [6.45, 7) is 1.54. The lowest BCUT2D eigenvalue weighted by molar-refractivity contribution is -0.145. The van der Waals surface area contributed by atoms with Crippen molar-refractivity contribution in [2.45, 2.75) is 19.4 Å². The van der Waals surface area contributed by atoms with Gasteiger partial charge in [0.15, 0.2) is 6.10 Å². The summed E-state index contributed by atoms with van der Waals surface area (Å²) in [7, 11) is 3.06. The predicted octanol–water partition coefficient (Wildman–Crippen LogP) is 3.71. The van der Waals surface area contributed by atoms with E-state index in [-0.39, 0.29) is 12.2 Å². The molecule has 0 aliphatic rings. The maximum atomic E-state index is 12.3. The highest BCUT2D eigenvalue weighted by Crippen LogP contribution is 2.25. The minimum absolute atomic E-state index is 0.00853. The second-order valence-electron chi connectivity index (χ2n) is 5.36. The van der Waals surface area contributed by atoms with E-state index in [9.17, 15) is 9.59 Å². The Morgan fingerprint density at radius 1 is 1.04 bits per heavy atom. The van der Waals surface area contributed by atoms with Crippen LogP contribution in [0.3, 0.4) is 0 Å². The number of benzene rings is 2. The van der Waals surface area contributed by atoms with Crippen LogP contribution in [0.25, 0.3) is 0 Å². The first-order chi connectivity index (χ1) is 11.9. The van der Waals surface area contributed by atoms with Crippen LogP contribution < -0.4 is 9.47 Å². The van der Waals surface area contributed by atoms with Gasteiger partial charge in [-0.15, -0.1) is 0 Å². The average Bonchev–Trinajstić information content (AvgIpc) is 2.61. The van der Waals surface area contributed by atoms with Crippen LogP contribution in [0.2, 0.25) is 5.02 Å². The fourth-order valence-electron chi connectivity index (χ4n) is 2.29. The Bertz CT molecular complexity index is 755. The molecule has 2 rings (SSSR count). The highest BCUT2D eigenvalue weighted by atomic mass is 35.5. The van der Waals surface area contributed by atoms with E-state index >= 15 is 0 Å². The van der Waals surface area contributed by atoms with Crippen LogP contribution in [0.4, 0.5) is 0 Å². The summed E-state index contributed by atoms with van der Waals surface area (Å²) in [5.41, 5.74) is 1.09. The van der Waals surface area contributed by atoms with Crippen molar-refractivity contribution in [2.24, 2.45) is 0 Å². The van der Waals surface area contributed by atoms with Crippen LogP contribution in [-0.2, 0) is 16.0 Å². The second-order valence-corrected chi connectivity index (χ2v) is 5.79. The summed E-state index contributed by atoms with van der Waals surface area (Å²) in [6.07, 6.45) is -0.899. The molecule has 6 heteroatoms. The van der Waals surface area contributed by atoms with E-state index < -0.39 is 12.1 Å². The van der Waals surface area contributed by atoms with Gasteiger partial charge in [-0.25, -0.2) is 0 Å². The maximum absolute atomic E-state index is 12.3. The Labute approximate surface area is 151 Å². The number of methoxy groups -OCH3 is 2. The standard InChI is InChI=1S/C19H19ClO5/c1-12(19(22)13-4-7-15(20)8-5-13)25-18(21)10-14-6-9-16(23-2)11-17(14)24-3/h4-9,11-12H,10H2,1-3H3. The molecule has 0 saturated heterocycles. The average molecular weight is 363 g/mol. The number of carbonyl (C=O) groups excluding carboxylic acids is 2. The molecule has 0 amide bonds. The van der Waals surface area contributed by atoms with Crippen molar-refractivity contribution < 1.29 is 23.8 Å². The van der Waals surface area contributed by atoms with E-state index in [0.29, 0.717) is 27.6 Å². The fourth-order valence-corrected chi connectivity index (χ4v) is 2.42. The van der Waals surface area contributed by atoms with Gasteiger partial charge >= 0.3 is 5.97 Å². The van der Waals surface area contributed by atoms with Crippen molar-refractivity contribution >= 4 is 23.4 Å². The molecule has 5 nitrogen and oxygen atoms in total. The highest BCUT2D eigenvalue weighted by Gasteiger charge is 2.20. The van der Waals surface area contributed by atoms with Gasteiger partial charge in [0.05, 0.1) is 20.6 Å². The lowest BCUT2D eigenvalue weighted by Crippen LogP contribution is -2.25.